The lowest BCUT2D eigenvalue weighted by molar-refractivity contribution is 0.102. The number of thiazole rings is 1. The van der Waals surface area contributed by atoms with Crippen LogP contribution in [0.1, 0.15) is 10.4 Å². The average Bonchev–Trinajstić information content (AvgIpc) is 3.06. The fraction of sp³-hybridized carbons (Fsp3) is 0.0500. The van der Waals surface area contributed by atoms with Crippen LogP contribution in [0.5, 0.6) is 5.75 Å². The van der Waals surface area contributed by atoms with Gasteiger partial charge in [0.25, 0.3) is 11.5 Å². The van der Waals surface area contributed by atoms with Crippen molar-refractivity contribution in [1.29, 1.82) is 0 Å². The second-order valence-electron chi connectivity index (χ2n) is 6.03. The molecule has 0 radical (unpaired) electrons. The highest BCUT2D eigenvalue weighted by Crippen LogP contribution is 2.30. The zero-order valence-electron chi connectivity index (χ0n) is 14.5. The summed E-state index contributed by atoms with van der Waals surface area (Å²) in [5.41, 5.74) is 0.361. The van der Waals surface area contributed by atoms with E-state index in [0.717, 1.165) is 14.7 Å². The topological polar surface area (TPSA) is 84.2 Å². The number of hydrogen-bond donors (Lipinski definition) is 2. The Morgan fingerprint density at radius 3 is 2.89 bits per heavy atom. The molecule has 2 heterocycles. The molecule has 0 aliphatic rings. The molecule has 0 aliphatic carbocycles. The monoisotopic (exact) mass is 455 g/mol. The van der Waals surface area contributed by atoms with E-state index < -0.39 is 11.5 Å². The number of aromatic hydroxyl groups is 1. The lowest BCUT2D eigenvalue weighted by atomic mass is 10.1. The van der Waals surface area contributed by atoms with Gasteiger partial charge < -0.3 is 9.67 Å². The van der Waals surface area contributed by atoms with Gasteiger partial charge in [-0.1, -0.05) is 45.5 Å². The van der Waals surface area contributed by atoms with Gasteiger partial charge in [-0.2, -0.15) is 0 Å². The molecule has 4 rings (SSSR count). The van der Waals surface area contributed by atoms with Crippen LogP contribution in [0.4, 0.5) is 5.13 Å². The number of rotatable bonds is 4. The number of nitrogens with one attached hydrogen (secondary N) is 1. The number of amides is 1. The van der Waals surface area contributed by atoms with Crippen LogP contribution >= 0.6 is 27.3 Å². The summed E-state index contributed by atoms with van der Waals surface area (Å²) in [6, 6.07) is 12.5. The number of halogens is 1. The van der Waals surface area contributed by atoms with Crippen molar-refractivity contribution in [3.63, 3.8) is 0 Å². The Hall–Kier alpha value is -2.97. The molecule has 0 fully saturated rings. The van der Waals surface area contributed by atoms with Crippen LogP contribution in [0.25, 0.3) is 21.1 Å². The van der Waals surface area contributed by atoms with Crippen molar-refractivity contribution in [1.82, 2.24) is 9.55 Å². The minimum Gasteiger partial charge on any atom is -0.506 e. The van der Waals surface area contributed by atoms with Gasteiger partial charge in [0.05, 0.1) is 15.7 Å². The lowest BCUT2D eigenvalue weighted by Crippen LogP contribution is -2.29. The van der Waals surface area contributed by atoms with Gasteiger partial charge in [0.1, 0.15) is 11.3 Å². The third-order valence-electron chi connectivity index (χ3n) is 4.26. The van der Waals surface area contributed by atoms with E-state index in [1.165, 1.54) is 15.9 Å². The highest BCUT2D eigenvalue weighted by molar-refractivity contribution is 9.10. The molecular formula is C20H14BrN3O3S. The summed E-state index contributed by atoms with van der Waals surface area (Å²) in [5.74, 6) is -1.05. The summed E-state index contributed by atoms with van der Waals surface area (Å²) in [6.45, 7) is 3.88. The molecule has 140 valence electrons. The molecule has 0 spiro atoms. The molecule has 6 nitrogen and oxygen atoms in total. The second-order valence-corrected chi connectivity index (χ2v) is 7.98. The maximum Gasteiger partial charge on any atom is 0.268 e. The first-order valence-corrected chi connectivity index (χ1v) is 9.93. The average molecular weight is 456 g/mol. The predicted octanol–water partition coefficient (Wildman–Crippen LogP) is 4.52. The van der Waals surface area contributed by atoms with Crippen LogP contribution < -0.4 is 10.9 Å². The van der Waals surface area contributed by atoms with Crippen molar-refractivity contribution in [2.45, 2.75) is 6.54 Å². The molecule has 2 N–H and O–H groups in total. The fourth-order valence-electron chi connectivity index (χ4n) is 3.02. The molecular weight excluding hydrogens is 442 g/mol. The molecule has 0 unspecified atom stereocenters. The fourth-order valence-corrected chi connectivity index (χ4v) is 4.43. The highest BCUT2D eigenvalue weighted by atomic mass is 79.9. The van der Waals surface area contributed by atoms with E-state index in [2.05, 4.69) is 32.8 Å². The largest absolute Gasteiger partial charge is 0.506 e. The number of aromatic nitrogens is 2. The van der Waals surface area contributed by atoms with E-state index in [-0.39, 0.29) is 17.9 Å². The van der Waals surface area contributed by atoms with Gasteiger partial charge in [0.15, 0.2) is 5.13 Å². The number of carbonyl (C=O) groups is 1. The zero-order chi connectivity index (χ0) is 19.8. The number of hydrogen-bond acceptors (Lipinski definition) is 5. The lowest BCUT2D eigenvalue weighted by Gasteiger charge is -2.13. The van der Waals surface area contributed by atoms with Crippen molar-refractivity contribution in [2.75, 3.05) is 5.32 Å². The molecule has 8 heteroatoms. The third-order valence-corrected chi connectivity index (χ3v) is 5.68. The standard InChI is InChI=1S/C20H14BrN3O3S/c1-2-9-24-14-6-4-3-5-12(14)17(25)16(19(24)27)18(26)23-20-22-13-8-7-11(21)10-15(13)28-20/h2-8,10,25H,1,9H2,(H,22,23,26). The summed E-state index contributed by atoms with van der Waals surface area (Å²) in [4.78, 5) is 30.1. The molecule has 0 saturated heterocycles. The molecule has 0 saturated carbocycles. The number of allylic oxidation sites excluding steroid dienone is 1. The Labute approximate surface area is 171 Å². The van der Waals surface area contributed by atoms with Gasteiger partial charge in [0, 0.05) is 16.4 Å². The van der Waals surface area contributed by atoms with Gasteiger partial charge in [-0.05, 0) is 30.3 Å². The zero-order valence-corrected chi connectivity index (χ0v) is 16.9. The molecule has 2 aromatic heterocycles. The van der Waals surface area contributed by atoms with Crippen LogP contribution in [0, 0.1) is 0 Å². The smallest absolute Gasteiger partial charge is 0.268 e. The van der Waals surface area contributed by atoms with E-state index in [4.69, 9.17) is 0 Å². The SMILES string of the molecule is C=CCn1c(=O)c(C(=O)Nc2nc3ccc(Br)cc3s2)c(O)c2ccccc21. The normalized spacial score (nSPS) is 11.0. The van der Waals surface area contributed by atoms with Gasteiger partial charge in [0.2, 0.25) is 0 Å². The Bertz CT molecular complexity index is 1310. The van der Waals surface area contributed by atoms with Crippen LogP contribution in [-0.2, 0) is 6.54 Å². The van der Waals surface area contributed by atoms with Crippen molar-refractivity contribution in [3.05, 3.63) is 75.5 Å². The molecule has 0 atom stereocenters. The van der Waals surface area contributed by atoms with Gasteiger partial charge in [-0.25, -0.2) is 4.98 Å². The van der Waals surface area contributed by atoms with E-state index >= 15 is 0 Å². The van der Waals surface area contributed by atoms with E-state index in [9.17, 15) is 14.7 Å². The number of pyridine rings is 1. The van der Waals surface area contributed by atoms with Crippen molar-refractivity contribution in [2.24, 2.45) is 0 Å². The molecule has 4 aromatic rings. The minimum atomic E-state index is -0.704. The Morgan fingerprint density at radius 2 is 2.11 bits per heavy atom. The van der Waals surface area contributed by atoms with Crippen LogP contribution in [0.15, 0.2) is 64.4 Å². The van der Waals surface area contributed by atoms with Crippen LogP contribution in [0.2, 0.25) is 0 Å². The second kappa shape index (κ2) is 7.21. The van der Waals surface area contributed by atoms with Gasteiger partial charge >= 0.3 is 0 Å². The Balaban J connectivity index is 1.82. The van der Waals surface area contributed by atoms with Crippen LogP contribution in [0.3, 0.4) is 0 Å². The van der Waals surface area contributed by atoms with Crippen molar-refractivity contribution >= 4 is 59.4 Å². The quantitative estimate of drug-likeness (QED) is 0.443. The maximum atomic E-state index is 12.9. The number of carbonyl (C=O) groups excluding carboxylic acids is 1. The Morgan fingerprint density at radius 1 is 1.32 bits per heavy atom. The molecule has 0 bridgehead atoms. The van der Waals surface area contributed by atoms with Gasteiger partial charge in [-0.3, -0.25) is 14.9 Å². The van der Waals surface area contributed by atoms with Crippen molar-refractivity contribution in [3.8, 4) is 5.75 Å². The number of anilines is 1. The first-order chi connectivity index (χ1) is 13.5. The predicted molar refractivity (Wildman–Crippen MR) is 115 cm³/mol. The number of nitrogens with zero attached hydrogens (tertiary/aromatic N) is 2. The first kappa shape index (κ1) is 18.4. The molecule has 1 amide bonds. The number of benzene rings is 2. The molecule has 0 aliphatic heterocycles. The summed E-state index contributed by atoms with van der Waals surface area (Å²) in [6.07, 6.45) is 1.57. The molecule has 28 heavy (non-hydrogen) atoms. The summed E-state index contributed by atoms with van der Waals surface area (Å²) in [5, 5.41) is 14.0. The van der Waals surface area contributed by atoms with Gasteiger partial charge in [-0.15, -0.1) is 6.58 Å². The number of fused-ring (bicyclic) bond motifs is 2. The number of para-hydroxylation sites is 1. The summed E-state index contributed by atoms with van der Waals surface area (Å²) >= 11 is 4.68. The van der Waals surface area contributed by atoms with E-state index in [1.54, 1.807) is 30.3 Å². The maximum absolute atomic E-state index is 12.9. The van der Waals surface area contributed by atoms with E-state index in [1.807, 2.05) is 18.2 Å². The Kier molecular flexibility index (Phi) is 4.74. The minimum absolute atomic E-state index is 0.217. The van der Waals surface area contributed by atoms with E-state index in [0.29, 0.717) is 16.0 Å². The van der Waals surface area contributed by atoms with Crippen LogP contribution in [-0.4, -0.2) is 20.6 Å². The highest BCUT2D eigenvalue weighted by Gasteiger charge is 2.22. The first-order valence-electron chi connectivity index (χ1n) is 8.32. The van der Waals surface area contributed by atoms with Crippen molar-refractivity contribution < 1.29 is 9.90 Å². The molecule has 2 aromatic carbocycles. The summed E-state index contributed by atoms with van der Waals surface area (Å²) in [7, 11) is 0. The third kappa shape index (κ3) is 3.10. The summed E-state index contributed by atoms with van der Waals surface area (Å²) < 4.78 is 3.20.